The lowest BCUT2D eigenvalue weighted by molar-refractivity contribution is -0.137. The van der Waals surface area contributed by atoms with Crippen LogP contribution in [0, 0.1) is 0 Å². The van der Waals surface area contributed by atoms with Crippen molar-refractivity contribution < 1.29 is 14.7 Å². The van der Waals surface area contributed by atoms with Crippen LogP contribution in [0.25, 0.3) is 10.2 Å². The molecule has 0 aliphatic carbocycles. The average Bonchev–Trinajstić information content (AvgIpc) is 2.73. The second kappa shape index (κ2) is 5.23. The number of thiazole rings is 1. The minimum absolute atomic E-state index is 0.0714. The number of hydrogen-bond acceptors (Lipinski definition) is 5. The third kappa shape index (κ3) is 3.00. The molecule has 1 aromatic carbocycles. The van der Waals surface area contributed by atoms with E-state index in [4.69, 9.17) is 10.8 Å². The van der Waals surface area contributed by atoms with E-state index < -0.39 is 5.97 Å². The molecule has 0 spiro atoms. The molecule has 0 fully saturated rings. The van der Waals surface area contributed by atoms with Crippen LogP contribution in [-0.4, -0.2) is 40.5 Å². The van der Waals surface area contributed by atoms with Gasteiger partial charge in [-0.25, -0.2) is 4.98 Å². The zero-order chi connectivity index (χ0) is 14.0. The van der Waals surface area contributed by atoms with Gasteiger partial charge in [0.15, 0.2) is 5.13 Å². The van der Waals surface area contributed by atoms with Gasteiger partial charge in [0.05, 0.1) is 16.6 Å². The number of carboxylic acids is 1. The van der Waals surface area contributed by atoms with Crippen LogP contribution in [0.5, 0.6) is 0 Å². The molecule has 2 rings (SSSR count). The second-order valence-corrected chi connectivity index (χ2v) is 5.17. The molecule has 3 N–H and O–H groups in total. The first-order valence-corrected chi connectivity index (χ1v) is 6.42. The van der Waals surface area contributed by atoms with Crippen LogP contribution in [-0.2, 0) is 4.79 Å². The van der Waals surface area contributed by atoms with Gasteiger partial charge in [0.1, 0.15) is 0 Å². The van der Waals surface area contributed by atoms with E-state index in [1.54, 1.807) is 25.2 Å². The quantitative estimate of drug-likeness (QED) is 0.882. The fourth-order valence-electron chi connectivity index (χ4n) is 1.66. The van der Waals surface area contributed by atoms with Crippen molar-refractivity contribution in [3.05, 3.63) is 23.8 Å². The third-order valence-electron chi connectivity index (χ3n) is 2.66. The number of fused-ring (bicyclic) bond motifs is 1. The van der Waals surface area contributed by atoms with Crippen molar-refractivity contribution >= 4 is 38.6 Å². The SMILES string of the molecule is CN(CCC(=O)O)C(=O)c1ccc2nc(N)sc2c1. The molecule has 100 valence electrons. The van der Waals surface area contributed by atoms with Crippen LogP contribution < -0.4 is 5.73 Å². The number of carboxylic acid groups (broad SMARTS) is 1. The van der Waals surface area contributed by atoms with E-state index in [1.165, 1.54) is 16.2 Å². The summed E-state index contributed by atoms with van der Waals surface area (Å²) in [5, 5.41) is 9.06. The Labute approximate surface area is 113 Å². The number of benzene rings is 1. The molecule has 19 heavy (non-hydrogen) atoms. The Bertz CT molecular complexity index is 638. The van der Waals surface area contributed by atoms with Gasteiger partial charge in [-0.2, -0.15) is 0 Å². The minimum atomic E-state index is -0.926. The number of anilines is 1. The standard InChI is InChI=1S/C12H13N3O3S/c1-15(5-4-10(16)17)11(18)7-2-3-8-9(6-7)19-12(13)14-8/h2-3,6H,4-5H2,1H3,(H2,13,14)(H,16,17). The van der Waals surface area contributed by atoms with Crippen molar-refractivity contribution in [3.8, 4) is 0 Å². The van der Waals surface area contributed by atoms with Crippen LogP contribution >= 0.6 is 11.3 Å². The van der Waals surface area contributed by atoms with E-state index in [-0.39, 0.29) is 18.9 Å². The molecule has 6 nitrogen and oxygen atoms in total. The van der Waals surface area contributed by atoms with Crippen LogP contribution in [0.1, 0.15) is 16.8 Å². The summed E-state index contributed by atoms with van der Waals surface area (Å²) in [6.07, 6.45) is -0.0714. The predicted octanol–water partition coefficient (Wildman–Crippen LogP) is 1.43. The number of carbonyl (C=O) groups excluding carboxylic acids is 1. The number of aliphatic carboxylic acids is 1. The fourth-order valence-corrected chi connectivity index (χ4v) is 2.43. The molecule has 1 heterocycles. The normalized spacial score (nSPS) is 10.6. The van der Waals surface area contributed by atoms with Gasteiger partial charge in [-0.3, -0.25) is 9.59 Å². The van der Waals surface area contributed by atoms with Crippen LogP contribution in [0.3, 0.4) is 0 Å². The molecule has 0 saturated heterocycles. The van der Waals surface area contributed by atoms with Gasteiger partial charge >= 0.3 is 5.97 Å². The molecule has 0 aliphatic heterocycles. The molecular formula is C12H13N3O3S. The summed E-state index contributed by atoms with van der Waals surface area (Å²) < 4.78 is 0.843. The highest BCUT2D eigenvalue weighted by Gasteiger charge is 2.14. The molecule has 0 saturated carbocycles. The first-order valence-electron chi connectivity index (χ1n) is 5.60. The van der Waals surface area contributed by atoms with Crippen molar-refractivity contribution in [1.29, 1.82) is 0 Å². The average molecular weight is 279 g/mol. The third-order valence-corrected chi connectivity index (χ3v) is 3.51. The topological polar surface area (TPSA) is 96.5 Å². The van der Waals surface area contributed by atoms with Gasteiger partial charge in [0, 0.05) is 19.2 Å². The number of carbonyl (C=O) groups is 2. The number of aromatic nitrogens is 1. The lowest BCUT2D eigenvalue weighted by Crippen LogP contribution is -2.28. The fraction of sp³-hybridized carbons (Fsp3) is 0.250. The van der Waals surface area contributed by atoms with E-state index in [9.17, 15) is 9.59 Å². The zero-order valence-electron chi connectivity index (χ0n) is 10.3. The van der Waals surface area contributed by atoms with E-state index in [0.29, 0.717) is 10.7 Å². The van der Waals surface area contributed by atoms with Crippen LogP contribution in [0.2, 0.25) is 0 Å². The van der Waals surface area contributed by atoms with Crippen molar-refractivity contribution in [2.75, 3.05) is 19.3 Å². The number of nitrogens with two attached hydrogens (primary N) is 1. The monoisotopic (exact) mass is 279 g/mol. The smallest absolute Gasteiger partial charge is 0.305 e. The molecule has 1 aromatic heterocycles. The first kappa shape index (κ1) is 13.3. The minimum Gasteiger partial charge on any atom is -0.481 e. The Morgan fingerprint density at radius 2 is 2.21 bits per heavy atom. The Hall–Kier alpha value is -2.15. The van der Waals surface area contributed by atoms with Crippen molar-refractivity contribution in [1.82, 2.24) is 9.88 Å². The highest BCUT2D eigenvalue weighted by atomic mass is 32.1. The first-order chi connectivity index (χ1) is 8.97. The molecule has 0 bridgehead atoms. The lowest BCUT2D eigenvalue weighted by atomic mass is 10.2. The highest BCUT2D eigenvalue weighted by Crippen LogP contribution is 2.24. The number of nitrogens with zero attached hydrogens (tertiary/aromatic N) is 2. The molecule has 7 heteroatoms. The highest BCUT2D eigenvalue weighted by molar-refractivity contribution is 7.22. The number of nitrogen functional groups attached to an aromatic ring is 1. The van der Waals surface area contributed by atoms with Crippen LogP contribution in [0.4, 0.5) is 5.13 Å². The van der Waals surface area contributed by atoms with Gasteiger partial charge in [-0.1, -0.05) is 11.3 Å². The Morgan fingerprint density at radius 1 is 1.47 bits per heavy atom. The summed E-state index contributed by atoms with van der Waals surface area (Å²) in [5.74, 6) is -1.14. The Morgan fingerprint density at radius 3 is 2.89 bits per heavy atom. The maximum Gasteiger partial charge on any atom is 0.305 e. The van der Waals surface area contributed by atoms with E-state index >= 15 is 0 Å². The van der Waals surface area contributed by atoms with Crippen molar-refractivity contribution in [2.24, 2.45) is 0 Å². The summed E-state index contributed by atoms with van der Waals surface area (Å²) >= 11 is 1.32. The summed E-state index contributed by atoms with van der Waals surface area (Å²) in [7, 11) is 1.58. The maximum atomic E-state index is 12.1. The largest absolute Gasteiger partial charge is 0.481 e. The molecule has 0 radical (unpaired) electrons. The van der Waals surface area contributed by atoms with E-state index in [2.05, 4.69) is 4.98 Å². The summed E-state index contributed by atoms with van der Waals surface area (Å²) in [6.45, 7) is 0.178. The van der Waals surface area contributed by atoms with Gasteiger partial charge in [0.25, 0.3) is 5.91 Å². The van der Waals surface area contributed by atoms with Crippen molar-refractivity contribution in [2.45, 2.75) is 6.42 Å². The number of rotatable bonds is 4. The number of amides is 1. The van der Waals surface area contributed by atoms with Crippen LogP contribution in [0.15, 0.2) is 18.2 Å². The summed E-state index contributed by atoms with van der Waals surface area (Å²) in [5.41, 5.74) is 6.86. The van der Waals surface area contributed by atoms with Gasteiger partial charge in [-0.15, -0.1) is 0 Å². The molecule has 0 aliphatic rings. The second-order valence-electron chi connectivity index (χ2n) is 4.11. The molecule has 0 unspecified atom stereocenters. The van der Waals surface area contributed by atoms with Gasteiger partial charge in [-0.05, 0) is 18.2 Å². The molecule has 1 amide bonds. The number of hydrogen-bond donors (Lipinski definition) is 2. The maximum absolute atomic E-state index is 12.1. The molecular weight excluding hydrogens is 266 g/mol. The van der Waals surface area contributed by atoms with E-state index in [0.717, 1.165) is 10.2 Å². The Kier molecular flexibility index (Phi) is 3.66. The van der Waals surface area contributed by atoms with Gasteiger partial charge in [0.2, 0.25) is 0 Å². The lowest BCUT2D eigenvalue weighted by Gasteiger charge is -2.15. The van der Waals surface area contributed by atoms with Crippen molar-refractivity contribution in [3.63, 3.8) is 0 Å². The molecule has 2 aromatic rings. The Balaban J connectivity index is 2.18. The summed E-state index contributed by atoms with van der Waals surface area (Å²) in [6, 6.07) is 5.13. The molecule has 0 atom stereocenters. The zero-order valence-corrected chi connectivity index (χ0v) is 11.1. The van der Waals surface area contributed by atoms with Gasteiger partial charge < -0.3 is 15.7 Å². The summed E-state index contributed by atoms with van der Waals surface area (Å²) in [4.78, 5) is 28.1. The van der Waals surface area contributed by atoms with E-state index in [1.807, 2.05) is 0 Å². The predicted molar refractivity (Wildman–Crippen MR) is 73.2 cm³/mol.